The van der Waals surface area contributed by atoms with Gasteiger partial charge in [-0.1, -0.05) is 31.1 Å². The molecule has 2 aliphatic rings. The Morgan fingerprint density at radius 3 is 2.75 bits per heavy atom. The molecule has 1 aliphatic carbocycles. The van der Waals surface area contributed by atoms with Crippen LogP contribution in [0.3, 0.4) is 0 Å². The molecule has 0 N–H and O–H groups in total. The molecule has 1 aliphatic heterocycles. The van der Waals surface area contributed by atoms with E-state index in [4.69, 9.17) is 4.52 Å². The zero-order valence-electron chi connectivity index (χ0n) is 16.8. The van der Waals surface area contributed by atoms with Crippen molar-refractivity contribution < 1.29 is 9.32 Å². The van der Waals surface area contributed by atoms with Crippen LogP contribution in [0.4, 0.5) is 0 Å². The quantitative estimate of drug-likeness (QED) is 0.643. The van der Waals surface area contributed by atoms with E-state index in [2.05, 4.69) is 48.3 Å². The fraction of sp³-hybridized carbons (Fsp3) is 0.591. The zero-order chi connectivity index (χ0) is 19.5. The van der Waals surface area contributed by atoms with Crippen molar-refractivity contribution in [3.63, 3.8) is 0 Å². The third-order valence-electron chi connectivity index (χ3n) is 5.41. The molecule has 1 atom stereocenters. The van der Waals surface area contributed by atoms with Crippen LogP contribution >= 0.6 is 11.8 Å². The Morgan fingerprint density at radius 1 is 1.25 bits per heavy atom. The lowest BCUT2D eigenvalue weighted by atomic mass is 9.94. The largest absolute Gasteiger partial charge is 0.342 e. The van der Waals surface area contributed by atoms with Crippen LogP contribution in [0.1, 0.15) is 62.7 Å². The Kier molecular flexibility index (Phi) is 6.04. The van der Waals surface area contributed by atoms with Crippen molar-refractivity contribution in [2.24, 2.45) is 5.92 Å². The molecule has 4 rings (SSSR count). The molecular formula is C22H29N3O2S. The minimum absolute atomic E-state index is 0.221. The maximum absolute atomic E-state index is 12.8. The number of hydrogen-bond donors (Lipinski definition) is 0. The van der Waals surface area contributed by atoms with Gasteiger partial charge < -0.3 is 9.42 Å². The highest BCUT2D eigenvalue weighted by Crippen LogP contribution is 2.38. The summed E-state index contributed by atoms with van der Waals surface area (Å²) in [6.45, 7) is 6.03. The van der Waals surface area contributed by atoms with Crippen molar-refractivity contribution in [2.45, 2.75) is 68.4 Å². The first-order valence-electron chi connectivity index (χ1n) is 10.4. The first-order valence-corrected chi connectivity index (χ1v) is 11.3. The second-order valence-electron chi connectivity index (χ2n) is 8.36. The number of benzene rings is 1. The van der Waals surface area contributed by atoms with Crippen molar-refractivity contribution >= 4 is 17.7 Å². The third-order valence-corrected chi connectivity index (χ3v) is 6.43. The molecule has 1 saturated carbocycles. The van der Waals surface area contributed by atoms with Gasteiger partial charge in [-0.15, -0.1) is 11.8 Å². The van der Waals surface area contributed by atoms with Crippen LogP contribution in [0.15, 0.2) is 33.7 Å². The number of carbonyl (C=O) groups is 1. The first kappa shape index (κ1) is 19.5. The van der Waals surface area contributed by atoms with Crippen LogP contribution in [0, 0.1) is 5.92 Å². The number of rotatable bonds is 7. The number of piperidine rings is 1. The second kappa shape index (κ2) is 8.68. The summed E-state index contributed by atoms with van der Waals surface area (Å²) >= 11 is 1.85. The van der Waals surface area contributed by atoms with E-state index in [1.54, 1.807) is 0 Å². The smallest absolute Gasteiger partial charge is 0.226 e. The van der Waals surface area contributed by atoms with E-state index in [9.17, 15) is 4.79 Å². The van der Waals surface area contributed by atoms with Gasteiger partial charge in [0, 0.05) is 35.6 Å². The molecule has 2 fully saturated rings. The molecule has 28 heavy (non-hydrogen) atoms. The Labute approximate surface area is 171 Å². The van der Waals surface area contributed by atoms with Gasteiger partial charge in [-0.3, -0.25) is 4.79 Å². The lowest BCUT2D eigenvalue weighted by Gasteiger charge is -2.32. The van der Waals surface area contributed by atoms with Gasteiger partial charge in [0.2, 0.25) is 11.8 Å². The maximum Gasteiger partial charge on any atom is 0.226 e. The number of thioether (sulfide) groups is 1. The van der Waals surface area contributed by atoms with E-state index in [1.807, 2.05) is 16.7 Å². The Hall–Kier alpha value is -1.82. The SMILES string of the molecule is CC(C)Sc1ccc(CC(=O)N2CCC[C@H](Cc3nc(C4CC4)no3)C2)cc1. The molecule has 0 bridgehead atoms. The molecular weight excluding hydrogens is 370 g/mol. The van der Waals surface area contributed by atoms with Gasteiger partial charge in [-0.25, -0.2) is 0 Å². The number of amides is 1. The normalized spacial score (nSPS) is 20.0. The molecule has 0 unspecified atom stereocenters. The van der Waals surface area contributed by atoms with E-state index in [-0.39, 0.29) is 5.91 Å². The summed E-state index contributed by atoms with van der Waals surface area (Å²) in [5, 5.41) is 4.68. The highest BCUT2D eigenvalue weighted by molar-refractivity contribution is 7.99. The molecule has 1 saturated heterocycles. The number of nitrogens with zero attached hydrogens (tertiary/aromatic N) is 3. The van der Waals surface area contributed by atoms with Gasteiger partial charge in [0.25, 0.3) is 0 Å². The van der Waals surface area contributed by atoms with Gasteiger partial charge in [0.05, 0.1) is 6.42 Å². The predicted octanol–water partition coefficient (Wildman–Crippen LogP) is 4.47. The number of carbonyl (C=O) groups excluding carboxylic acids is 1. The maximum atomic E-state index is 12.8. The topological polar surface area (TPSA) is 59.2 Å². The van der Waals surface area contributed by atoms with Crippen LogP contribution in [-0.2, 0) is 17.6 Å². The minimum Gasteiger partial charge on any atom is -0.342 e. The molecule has 5 nitrogen and oxygen atoms in total. The molecule has 1 aromatic heterocycles. The lowest BCUT2D eigenvalue weighted by molar-refractivity contribution is -0.132. The molecule has 150 valence electrons. The molecule has 0 radical (unpaired) electrons. The average molecular weight is 400 g/mol. The molecule has 1 amide bonds. The summed E-state index contributed by atoms with van der Waals surface area (Å²) in [5.41, 5.74) is 1.09. The minimum atomic E-state index is 0.221. The molecule has 0 spiro atoms. The average Bonchev–Trinajstić information content (AvgIpc) is 3.43. The summed E-state index contributed by atoms with van der Waals surface area (Å²) in [4.78, 5) is 20.6. The second-order valence-corrected chi connectivity index (χ2v) is 10.0. The van der Waals surface area contributed by atoms with Crippen molar-refractivity contribution in [1.29, 1.82) is 0 Å². The van der Waals surface area contributed by atoms with Gasteiger partial charge >= 0.3 is 0 Å². The van der Waals surface area contributed by atoms with E-state index in [0.717, 1.165) is 49.6 Å². The fourth-order valence-corrected chi connectivity index (χ4v) is 4.65. The van der Waals surface area contributed by atoms with Crippen molar-refractivity contribution in [2.75, 3.05) is 13.1 Å². The van der Waals surface area contributed by atoms with Crippen molar-refractivity contribution in [3.8, 4) is 0 Å². The highest BCUT2D eigenvalue weighted by Gasteiger charge is 2.30. The summed E-state index contributed by atoms with van der Waals surface area (Å²) in [7, 11) is 0. The van der Waals surface area contributed by atoms with E-state index >= 15 is 0 Å². The Morgan fingerprint density at radius 2 is 2.04 bits per heavy atom. The van der Waals surface area contributed by atoms with Crippen LogP contribution in [0.25, 0.3) is 0 Å². The molecule has 2 aromatic rings. The van der Waals surface area contributed by atoms with Crippen LogP contribution in [0.5, 0.6) is 0 Å². The van der Waals surface area contributed by atoms with Crippen LogP contribution in [-0.4, -0.2) is 39.3 Å². The summed E-state index contributed by atoms with van der Waals surface area (Å²) < 4.78 is 5.43. The van der Waals surface area contributed by atoms with E-state index in [0.29, 0.717) is 23.5 Å². The highest BCUT2D eigenvalue weighted by atomic mass is 32.2. The van der Waals surface area contributed by atoms with Crippen molar-refractivity contribution in [1.82, 2.24) is 15.0 Å². The third kappa shape index (κ3) is 5.16. The predicted molar refractivity (Wildman–Crippen MR) is 110 cm³/mol. The first-order chi connectivity index (χ1) is 13.6. The standard InChI is InChI=1S/C22H29N3O2S/c1-15(2)28-19-9-5-16(6-10-19)13-21(26)25-11-3-4-17(14-25)12-20-23-22(24-27-20)18-7-8-18/h5-6,9-10,15,17-18H,3-4,7-8,11-14H2,1-2H3/t17-/m1/s1. The monoisotopic (exact) mass is 399 g/mol. The van der Waals surface area contributed by atoms with Gasteiger partial charge in [-0.2, -0.15) is 4.98 Å². The lowest BCUT2D eigenvalue weighted by Crippen LogP contribution is -2.41. The summed E-state index contributed by atoms with van der Waals surface area (Å²) in [5.74, 6) is 2.76. The summed E-state index contributed by atoms with van der Waals surface area (Å²) in [6, 6.07) is 8.42. The van der Waals surface area contributed by atoms with Gasteiger partial charge in [-0.05, 0) is 49.3 Å². The van der Waals surface area contributed by atoms with Gasteiger partial charge in [0.15, 0.2) is 5.82 Å². The van der Waals surface area contributed by atoms with E-state index in [1.165, 1.54) is 17.7 Å². The molecule has 6 heteroatoms. The molecule has 2 heterocycles. The number of aromatic nitrogens is 2. The number of likely N-dealkylation sites (tertiary alicyclic amines) is 1. The Bertz CT molecular complexity index is 798. The van der Waals surface area contributed by atoms with Gasteiger partial charge in [0.1, 0.15) is 0 Å². The number of hydrogen-bond acceptors (Lipinski definition) is 5. The van der Waals surface area contributed by atoms with Crippen LogP contribution < -0.4 is 0 Å². The van der Waals surface area contributed by atoms with Crippen LogP contribution in [0.2, 0.25) is 0 Å². The fourth-order valence-electron chi connectivity index (χ4n) is 3.81. The van der Waals surface area contributed by atoms with Crippen molar-refractivity contribution in [3.05, 3.63) is 41.5 Å². The zero-order valence-corrected chi connectivity index (χ0v) is 17.6. The van der Waals surface area contributed by atoms with E-state index < -0.39 is 0 Å². The molecule has 1 aromatic carbocycles. The summed E-state index contributed by atoms with van der Waals surface area (Å²) in [6.07, 6.45) is 5.79. The Balaban J connectivity index is 1.29.